The molecule has 0 bridgehead atoms. The maximum atomic E-state index is 12.1. The van der Waals surface area contributed by atoms with E-state index in [1.54, 1.807) is 6.20 Å². The second kappa shape index (κ2) is 4.86. The molecule has 0 spiro atoms. The van der Waals surface area contributed by atoms with Gasteiger partial charge in [-0.15, -0.1) is 0 Å². The Balaban J connectivity index is 2.18. The number of pyridine rings is 1. The van der Waals surface area contributed by atoms with E-state index in [0.29, 0.717) is 6.54 Å². The van der Waals surface area contributed by atoms with Crippen molar-refractivity contribution in [2.45, 2.75) is 26.3 Å². The number of benzene rings is 1. The smallest absolute Gasteiger partial charge is 0.176 e. The van der Waals surface area contributed by atoms with E-state index in [1.807, 2.05) is 51.1 Å². The number of Topliss-reactive ketones (excluding diaryl/α,β-unsaturated/α-hetero) is 1. The highest BCUT2D eigenvalue weighted by molar-refractivity contribution is 6.00. The van der Waals surface area contributed by atoms with E-state index in [1.165, 1.54) is 0 Å². The number of hydrogen-bond donors (Lipinski definition) is 1. The molecule has 0 amide bonds. The van der Waals surface area contributed by atoms with Gasteiger partial charge in [-0.3, -0.25) is 9.78 Å². The van der Waals surface area contributed by atoms with Crippen molar-refractivity contribution in [1.29, 1.82) is 0 Å². The summed E-state index contributed by atoms with van der Waals surface area (Å²) in [5, 5.41) is 4.20. The SMILES string of the molecule is CC(C)(C)NCC(=O)c1ccc2ncccc2c1. The van der Waals surface area contributed by atoms with Crippen LogP contribution in [0.15, 0.2) is 36.5 Å². The summed E-state index contributed by atoms with van der Waals surface area (Å²) in [5.74, 6) is 0.107. The van der Waals surface area contributed by atoms with Crippen LogP contribution >= 0.6 is 0 Å². The van der Waals surface area contributed by atoms with Crippen LogP contribution in [0, 0.1) is 0 Å². The maximum absolute atomic E-state index is 12.1. The predicted octanol–water partition coefficient (Wildman–Crippen LogP) is 2.81. The molecule has 1 aromatic heterocycles. The second-order valence-corrected chi connectivity index (χ2v) is 5.44. The number of hydrogen-bond acceptors (Lipinski definition) is 3. The Hall–Kier alpha value is -1.74. The van der Waals surface area contributed by atoms with Crippen molar-refractivity contribution < 1.29 is 4.79 Å². The van der Waals surface area contributed by atoms with Crippen LogP contribution < -0.4 is 5.32 Å². The van der Waals surface area contributed by atoms with Gasteiger partial charge in [-0.25, -0.2) is 0 Å². The summed E-state index contributed by atoms with van der Waals surface area (Å²) in [7, 11) is 0. The van der Waals surface area contributed by atoms with Gasteiger partial charge in [0.05, 0.1) is 12.1 Å². The topological polar surface area (TPSA) is 42.0 Å². The van der Waals surface area contributed by atoms with Crippen molar-refractivity contribution in [1.82, 2.24) is 10.3 Å². The molecule has 0 unspecified atom stereocenters. The molecule has 1 heterocycles. The van der Waals surface area contributed by atoms with Crippen LogP contribution in [0.1, 0.15) is 31.1 Å². The fourth-order valence-corrected chi connectivity index (χ4v) is 1.70. The minimum atomic E-state index is -0.0476. The molecular formula is C15H18N2O. The molecule has 0 radical (unpaired) electrons. The summed E-state index contributed by atoms with van der Waals surface area (Å²) in [6.07, 6.45) is 1.75. The first-order chi connectivity index (χ1) is 8.46. The molecule has 0 fully saturated rings. The van der Waals surface area contributed by atoms with Crippen molar-refractivity contribution in [3.05, 3.63) is 42.1 Å². The van der Waals surface area contributed by atoms with Crippen molar-refractivity contribution >= 4 is 16.7 Å². The quantitative estimate of drug-likeness (QED) is 0.841. The number of fused-ring (bicyclic) bond motifs is 1. The highest BCUT2D eigenvalue weighted by Crippen LogP contribution is 2.13. The van der Waals surface area contributed by atoms with Crippen LogP contribution in [-0.4, -0.2) is 22.9 Å². The molecule has 18 heavy (non-hydrogen) atoms. The van der Waals surface area contributed by atoms with Crippen molar-refractivity contribution in [3.63, 3.8) is 0 Å². The van der Waals surface area contributed by atoms with Gasteiger partial charge in [0.1, 0.15) is 0 Å². The zero-order valence-electron chi connectivity index (χ0n) is 11.0. The number of carbonyl (C=O) groups is 1. The van der Waals surface area contributed by atoms with E-state index < -0.39 is 0 Å². The zero-order valence-corrected chi connectivity index (χ0v) is 11.0. The fourth-order valence-electron chi connectivity index (χ4n) is 1.70. The highest BCUT2D eigenvalue weighted by Gasteiger charge is 2.12. The van der Waals surface area contributed by atoms with Gasteiger partial charge in [-0.05, 0) is 45.0 Å². The summed E-state index contributed by atoms with van der Waals surface area (Å²) in [6.45, 7) is 6.50. The van der Waals surface area contributed by atoms with Crippen LogP contribution in [0.25, 0.3) is 10.9 Å². The number of nitrogens with one attached hydrogen (secondary N) is 1. The molecule has 0 aliphatic rings. The second-order valence-electron chi connectivity index (χ2n) is 5.44. The molecule has 3 heteroatoms. The van der Waals surface area contributed by atoms with E-state index in [-0.39, 0.29) is 11.3 Å². The summed E-state index contributed by atoms with van der Waals surface area (Å²) >= 11 is 0. The van der Waals surface area contributed by atoms with Gasteiger partial charge in [0, 0.05) is 22.7 Å². The summed E-state index contributed by atoms with van der Waals surface area (Å²) in [4.78, 5) is 16.3. The molecular weight excluding hydrogens is 224 g/mol. The lowest BCUT2D eigenvalue weighted by Gasteiger charge is -2.19. The third-order valence-corrected chi connectivity index (χ3v) is 2.70. The van der Waals surface area contributed by atoms with Crippen molar-refractivity contribution in [2.75, 3.05) is 6.54 Å². The van der Waals surface area contributed by atoms with Crippen LogP contribution in [0.2, 0.25) is 0 Å². The Morgan fingerprint density at radius 2 is 2.06 bits per heavy atom. The van der Waals surface area contributed by atoms with Crippen LogP contribution in [-0.2, 0) is 0 Å². The monoisotopic (exact) mass is 242 g/mol. The summed E-state index contributed by atoms with van der Waals surface area (Å²) in [6, 6.07) is 9.47. The van der Waals surface area contributed by atoms with Gasteiger partial charge in [-0.2, -0.15) is 0 Å². The highest BCUT2D eigenvalue weighted by atomic mass is 16.1. The normalized spacial score (nSPS) is 11.7. The fraction of sp³-hybridized carbons (Fsp3) is 0.333. The van der Waals surface area contributed by atoms with E-state index in [9.17, 15) is 4.79 Å². The van der Waals surface area contributed by atoms with Gasteiger partial charge in [0.25, 0.3) is 0 Å². The number of ketones is 1. The molecule has 2 rings (SSSR count). The summed E-state index contributed by atoms with van der Waals surface area (Å²) in [5.41, 5.74) is 1.60. The Labute approximate surface area is 107 Å². The molecule has 0 aliphatic carbocycles. The number of rotatable bonds is 3. The molecule has 94 valence electrons. The Morgan fingerprint density at radius 1 is 1.28 bits per heavy atom. The van der Waals surface area contributed by atoms with Gasteiger partial charge in [-0.1, -0.05) is 6.07 Å². The van der Waals surface area contributed by atoms with E-state index in [2.05, 4.69) is 10.3 Å². The van der Waals surface area contributed by atoms with E-state index in [4.69, 9.17) is 0 Å². The van der Waals surface area contributed by atoms with E-state index in [0.717, 1.165) is 16.5 Å². The molecule has 0 saturated heterocycles. The van der Waals surface area contributed by atoms with E-state index >= 15 is 0 Å². The molecule has 0 aliphatic heterocycles. The minimum Gasteiger partial charge on any atom is -0.305 e. The van der Waals surface area contributed by atoms with Gasteiger partial charge in [0.15, 0.2) is 5.78 Å². The predicted molar refractivity (Wildman–Crippen MR) is 73.8 cm³/mol. The molecule has 1 aromatic carbocycles. The lowest BCUT2D eigenvalue weighted by molar-refractivity contribution is 0.0982. The lowest BCUT2D eigenvalue weighted by atomic mass is 10.1. The third kappa shape index (κ3) is 3.14. The first-order valence-corrected chi connectivity index (χ1v) is 6.09. The number of carbonyl (C=O) groups excluding carboxylic acids is 1. The molecule has 2 aromatic rings. The Bertz CT molecular complexity index is 570. The zero-order chi connectivity index (χ0) is 13.2. The first kappa shape index (κ1) is 12.7. The molecule has 0 saturated carbocycles. The van der Waals surface area contributed by atoms with Crippen LogP contribution in [0.4, 0.5) is 0 Å². The largest absolute Gasteiger partial charge is 0.305 e. The molecule has 0 atom stereocenters. The average Bonchev–Trinajstić information content (AvgIpc) is 2.34. The average molecular weight is 242 g/mol. The molecule has 3 nitrogen and oxygen atoms in total. The summed E-state index contributed by atoms with van der Waals surface area (Å²) < 4.78 is 0. The first-order valence-electron chi connectivity index (χ1n) is 6.09. The van der Waals surface area contributed by atoms with Crippen molar-refractivity contribution in [2.24, 2.45) is 0 Å². The van der Waals surface area contributed by atoms with Crippen LogP contribution in [0.5, 0.6) is 0 Å². The van der Waals surface area contributed by atoms with Crippen molar-refractivity contribution in [3.8, 4) is 0 Å². The standard InChI is InChI=1S/C15H18N2O/c1-15(2,3)17-10-14(18)12-6-7-13-11(9-12)5-4-8-16-13/h4-9,17H,10H2,1-3H3. The molecule has 1 N–H and O–H groups in total. The maximum Gasteiger partial charge on any atom is 0.176 e. The third-order valence-electron chi connectivity index (χ3n) is 2.70. The van der Waals surface area contributed by atoms with Gasteiger partial charge < -0.3 is 5.32 Å². The van der Waals surface area contributed by atoms with Gasteiger partial charge in [0.2, 0.25) is 0 Å². The number of aromatic nitrogens is 1. The Morgan fingerprint density at radius 3 is 2.78 bits per heavy atom. The van der Waals surface area contributed by atoms with Crippen LogP contribution in [0.3, 0.4) is 0 Å². The lowest BCUT2D eigenvalue weighted by Crippen LogP contribution is -2.39. The van der Waals surface area contributed by atoms with Gasteiger partial charge >= 0.3 is 0 Å². The minimum absolute atomic E-state index is 0.0476. The Kier molecular flexibility index (Phi) is 3.43. The number of nitrogens with zero attached hydrogens (tertiary/aromatic N) is 1.